The van der Waals surface area contributed by atoms with Crippen molar-refractivity contribution in [2.45, 2.75) is 44.1 Å². The maximum absolute atomic E-state index is 11.1. The third-order valence-electron chi connectivity index (χ3n) is 4.67. The topological polar surface area (TPSA) is 38.1 Å². The molecule has 1 aromatic heterocycles. The molecule has 0 fully saturated rings. The van der Waals surface area contributed by atoms with E-state index in [9.17, 15) is 5.11 Å². The van der Waals surface area contributed by atoms with Crippen LogP contribution in [-0.2, 0) is 19.1 Å². The fourth-order valence-corrected chi connectivity index (χ4v) is 3.31. The van der Waals surface area contributed by atoms with E-state index in [2.05, 4.69) is 30.1 Å². The quantitative estimate of drug-likeness (QED) is 0.930. The molecule has 0 radical (unpaired) electrons. The summed E-state index contributed by atoms with van der Waals surface area (Å²) in [5, 5.41) is 11.1. The molecule has 0 bridgehead atoms. The summed E-state index contributed by atoms with van der Waals surface area (Å²) in [5.74, 6) is 1.58. The van der Waals surface area contributed by atoms with Crippen LogP contribution in [0.15, 0.2) is 36.7 Å². The van der Waals surface area contributed by atoms with Gasteiger partial charge in [0.25, 0.3) is 0 Å². The summed E-state index contributed by atoms with van der Waals surface area (Å²) in [5.41, 5.74) is 1.73. The first kappa shape index (κ1) is 13.4. The first-order valence-corrected chi connectivity index (χ1v) is 7.38. The molecule has 1 aliphatic carbocycles. The van der Waals surface area contributed by atoms with Gasteiger partial charge in [0.1, 0.15) is 5.82 Å². The van der Waals surface area contributed by atoms with Gasteiger partial charge in [0, 0.05) is 25.9 Å². The second-order valence-electron chi connectivity index (χ2n) is 6.01. The predicted octanol–water partition coefficient (Wildman–Crippen LogP) is 3.14. The normalized spacial score (nSPS) is 25.4. The molecule has 0 saturated heterocycles. The van der Waals surface area contributed by atoms with Crippen molar-refractivity contribution in [3.8, 4) is 0 Å². The third-order valence-corrected chi connectivity index (χ3v) is 4.67. The van der Waals surface area contributed by atoms with Crippen molar-refractivity contribution >= 4 is 0 Å². The highest BCUT2D eigenvalue weighted by atomic mass is 16.3. The molecule has 1 aromatic carbocycles. The summed E-state index contributed by atoms with van der Waals surface area (Å²) < 4.78 is 2.03. The predicted molar refractivity (Wildman–Crippen MR) is 79.5 cm³/mol. The van der Waals surface area contributed by atoms with Crippen LogP contribution in [0.1, 0.15) is 49.1 Å². The molecular weight excluding hydrogens is 248 g/mol. The van der Waals surface area contributed by atoms with E-state index in [-0.39, 0.29) is 0 Å². The van der Waals surface area contributed by atoms with Crippen molar-refractivity contribution in [3.63, 3.8) is 0 Å². The van der Waals surface area contributed by atoms with Crippen LogP contribution in [0.25, 0.3) is 0 Å². The van der Waals surface area contributed by atoms with Crippen molar-refractivity contribution in [3.05, 3.63) is 53.6 Å². The number of aromatic nitrogens is 2. The molecule has 20 heavy (non-hydrogen) atoms. The molecule has 1 aliphatic rings. The Bertz CT molecular complexity index is 605. The summed E-state index contributed by atoms with van der Waals surface area (Å²) in [6.45, 7) is 2.25. The van der Waals surface area contributed by atoms with Gasteiger partial charge >= 0.3 is 0 Å². The zero-order valence-corrected chi connectivity index (χ0v) is 12.2. The minimum atomic E-state index is -0.699. The number of fused-ring (bicyclic) bond motifs is 1. The Morgan fingerprint density at radius 3 is 2.95 bits per heavy atom. The lowest BCUT2D eigenvalue weighted by atomic mass is 9.72. The maximum Gasteiger partial charge on any atom is 0.108 e. The van der Waals surface area contributed by atoms with Crippen molar-refractivity contribution in [1.82, 2.24) is 9.55 Å². The number of hydrogen-bond donors (Lipinski definition) is 1. The van der Waals surface area contributed by atoms with Gasteiger partial charge in [-0.2, -0.15) is 0 Å². The van der Waals surface area contributed by atoms with Crippen molar-refractivity contribution in [2.75, 3.05) is 0 Å². The van der Waals surface area contributed by atoms with Crippen molar-refractivity contribution < 1.29 is 5.11 Å². The number of nitrogens with zero attached hydrogens (tertiary/aromatic N) is 2. The van der Waals surface area contributed by atoms with Crippen LogP contribution in [-0.4, -0.2) is 14.7 Å². The van der Waals surface area contributed by atoms with Crippen LogP contribution in [0.3, 0.4) is 0 Å². The fourth-order valence-electron chi connectivity index (χ4n) is 3.31. The zero-order valence-electron chi connectivity index (χ0n) is 12.2. The summed E-state index contributed by atoms with van der Waals surface area (Å²) in [4.78, 5) is 4.35. The lowest BCUT2D eigenvalue weighted by Crippen LogP contribution is -2.32. The van der Waals surface area contributed by atoms with E-state index in [4.69, 9.17) is 0 Å². The number of hydrogen-bond acceptors (Lipinski definition) is 2. The lowest BCUT2D eigenvalue weighted by Gasteiger charge is -2.37. The number of aryl methyl sites for hydroxylation is 2. The highest BCUT2D eigenvalue weighted by molar-refractivity contribution is 5.37. The average molecular weight is 270 g/mol. The molecule has 0 spiro atoms. The van der Waals surface area contributed by atoms with Gasteiger partial charge in [0.15, 0.2) is 0 Å². The first-order chi connectivity index (χ1) is 9.60. The lowest BCUT2D eigenvalue weighted by molar-refractivity contribution is 0.00674. The Kier molecular flexibility index (Phi) is 3.38. The number of imidazole rings is 1. The average Bonchev–Trinajstić information content (AvgIpc) is 2.87. The Morgan fingerprint density at radius 2 is 2.20 bits per heavy atom. The SMILES string of the molecule is CC1CCC(O)(CCc2nccn2C)c2ccccc21. The molecule has 2 unspecified atom stereocenters. The monoisotopic (exact) mass is 270 g/mol. The Balaban J connectivity index is 1.85. The van der Waals surface area contributed by atoms with Gasteiger partial charge in [-0.15, -0.1) is 0 Å². The van der Waals surface area contributed by atoms with Crippen LogP contribution in [0.2, 0.25) is 0 Å². The van der Waals surface area contributed by atoms with E-state index < -0.39 is 5.60 Å². The molecule has 3 heteroatoms. The number of rotatable bonds is 3. The van der Waals surface area contributed by atoms with Gasteiger partial charge < -0.3 is 9.67 Å². The van der Waals surface area contributed by atoms with Crippen LogP contribution >= 0.6 is 0 Å². The second kappa shape index (κ2) is 5.06. The molecule has 0 aliphatic heterocycles. The van der Waals surface area contributed by atoms with Gasteiger partial charge in [-0.3, -0.25) is 0 Å². The maximum atomic E-state index is 11.1. The standard InChI is InChI=1S/C17H22N2O/c1-13-7-9-17(20,15-6-4-3-5-14(13)15)10-8-16-18-11-12-19(16)2/h3-6,11-13,20H,7-10H2,1-2H3. The highest BCUT2D eigenvalue weighted by Gasteiger charge is 2.36. The van der Waals surface area contributed by atoms with E-state index in [1.54, 1.807) is 0 Å². The Labute approximate surface area is 120 Å². The van der Waals surface area contributed by atoms with Gasteiger partial charge in [-0.25, -0.2) is 4.98 Å². The molecular formula is C17H22N2O. The third kappa shape index (κ3) is 2.27. The summed E-state index contributed by atoms with van der Waals surface area (Å²) in [6, 6.07) is 8.34. The number of benzene rings is 1. The molecule has 0 amide bonds. The minimum absolute atomic E-state index is 0.541. The van der Waals surface area contributed by atoms with Crippen LogP contribution in [0, 0.1) is 0 Å². The van der Waals surface area contributed by atoms with E-state index in [1.165, 1.54) is 5.56 Å². The van der Waals surface area contributed by atoms with E-state index in [1.807, 2.05) is 30.1 Å². The summed E-state index contributed by atoms with van der Waals surface area (Å²) in [7, 11) is 2.00. The Hall–Kier alpha value is -1.61. The van der Waals surface area contributed by atoms with Gasteiger partial charge in [-0.05, 0) is 36.3 Å². The minimum Gasteiger partial charge on any atom is -0.385 e. The van der Waals surface area contributed by atoms with Crippen LogP contribution in [0.5, 0.6) is 0 Å². The molecule has 3 nitrogen and oxygen atoms in total. The van der Waals surface area contributed by atoms with Crippen molar-refractivity contribution in [1.29, 1.82) is 0 Å². The number of aliphatic hydroxyl groups is 1. The van der Waals surface area contributed by atoms with E-state index in [0.717, 1.165) is 37.1 Å². The van der Waals surface area contributed by atoms with Gasteiger partial charge in [-0.1, -0.05) is 31.2 Å². The molecule has 1 heterocycles. The summed E-state index contributed by atoms with van der Waals surface area (Å²) >= 11 is 0. The van der Waals surface area contributed by atoms with Gasteiger partial charge in [0.2, 0.25) is 0 Å². The molecule has 106 valence electrons. The van der Waals surface area contributed by atoms with Crippen molar-refractivity contribution in [2.24, 2.45) is 7.05 Å². The second-order valence-corrected chi connectivity index (χ2v) is 6.01. The molecule has 2 aromatic rings. The molecule has 1 N–H and O–H groups in total. The molecule has 2 atom stereocenters. The van der Waals surface area contributed by atoms with Gasteiger partial charge in [0.05, 0.1) is 5.60 Å². The zero-order chi connectivity index (χ0) is 14.2. The fraction of sp³-hybridized carbons (Fsp3) is 0.471. The molecule has 3 rings (SSSR count). The van der Waals surface area contributed by atoms with Crippen LogP contribution < -0.4 is 0 Å². The van der Waals surface area contributed by atoms with E-state index in [0.29, 0.717) is 5.92 Å². The van der Waals surface area contributed by atoms with E-state index >= 15 is 0 Å². The largest absolute Gasteiger partial charge is 0.385 e. The Morgan fingerprint density at radius 1 is 1.40 bits per heavy atom. The summed E-state index contributed by atoms with van der Waals surface area (Å²) in [6.07, 6.45) is 7.21. The van der Waals surface area contributed by atoms with Crippen LogP contribution in [0.4, 0.5) is 0 Å². The molecule has 0 saturated carbocycles. The highest BCUT2D eigenvalue weighted by Crippen LogP contribution is 2.43. The first-order valence-electron chi connectivity index (χ1n) is 7.38. The smallest absolute Gasteiger partial charge is 0.108 e.